The molecule has 3 rings (SSSR count). The smallest absolute Gasteiger partial charge is 0.328 e. The molecular formula is C20H19F2NO5. The minimum absolute atomic E-state index is 0.0352. The van der Waals surface area contributed by atoms with Crippen molar-refractivity contribution in [1.29, 1.82) is 0 Å². The van der Waals surface area contributed by atoms with Crippen molar-refractivity contribution in [1.82, 2.24) is 4.90 Å². The molecule has 6 nitrogen and oxygen atoms in total. The van der Waals surface area contributed by atoms with Crippen LogP contribution in [0.2, 0.25) is 0 Å². The lowest BCUT2D eigenvalue weighted by Crippen LogP contribution is -2.43. The van der Waals surface area contributed by atoms with Gasteiger partial charge in [0.25, 0.3) is 5.91 Å². The Bertz CT molecular complexity index is 860. The average molecular weight is 391 g/mol. The molecule has 0 bridgehead atoms. The highest BCUT2D eigenvalue weighted by Crippen LogP contribution is 2.26. The van der Waals surface area contributed by atoms with Gasteiger partial charge < -0.3 is 19.1 Å². The van der Waals surface area contributed by atoms with Gasteiger partial charge >= 0.3 is 5.97 Å². The molecule has 0 radical (unpaired) electrons. The van der Waals surface area contributed by atoms with Crippen LogP contribution >= 0.6 is 0 Å². The molecule has 2 aromatic carbocycles. The van der Waals surface area contributed by atoms with Gasteiger partial charge in [-0.3, -0.25) is 4.79 Å². The van der Waals surface area contributed by atoms with E-state index < -0.39 is 42.3 Å². The van der Waals surface area contributed by atoms with Gasteiger partial charge in [0.2, 0.25) is 0 Å². The topological polar surface area (TPSA) is 65.1 Å². The average Bonchev–Trinajstić information content (AvgIpc) is 3.12. The first kappa shape index (κ1) is 19.6. The number of amides is 1. The van der Waals surface area contributed by atoms with Crippen molar-refractivity contribution in [2.45, 2.75) is 18.6 Å². The highest BCUT2D eigenvalue weighted by atomic mass is 19.1. The number of carbonyl (C=O) groups is 2. The summed E-state index contributed by atoms with van der Waals surface area (Å²) < 4.78 is 43.1. The number of likely N-dealkylation sites (tertiary alicyclic amines) is 1. The first-order valence-corrected chi connectivity index (χ1v) is 8.65. The summed E-state index contributed by atoms with van der Waals surface area (Å²) >= 11 is 0. The molecular weight excluding hydrogens is 372 g/mol. The molecule has 0 aromatic heterocycles. The lowest BCUT2D eigenvalue weighted by Gasteiger charge is -2.22. The van der Waals surface area contributed by atoms with Crippen LogP contribution in [0.3, 0.4) is 0 Å². The first-order valence-electron chi connectivity index (χ1n) is 8.65. The lowest BCUT2D eigenvalue weighted by atomic mass is 10.2. The summed E-state index contributed by atoms with van der Waals surface area (Å²) in [7, 11) is 1.21. The van der Waals surface area contributed by atoms with Gasteiger partial charge in [-0.2, -0.15) is 0 Å². The van der Waals surface area contributed by atoms with E-state index in [1.54, 1.807) is 12.1 Å². The van der Waals surface area contributed by atoms with E-state index in [1.807, 2.05) is 0 Å². The summed E-state index contributed by atoms with van der Waals surface area (Å²) in [5.41, 5.74) is 0. The van der Waals surface area contributed by atoms with Crippen LogP contribution in [0, 0.1) is 11.6 Å². The van der Waals surface area contributed by atoms with Crippen LogP contribution in [0.25, 0.3) is 0 Å². The summed E-state index contributed by atoms with van der Waals surface area (Å²) in [5.74, 6) is -2.30. The van der Waals surface area contributed by atoms with Crippen molar-refractivity contribution in [2.24, 2.45) is 0 Å². The maximum atomic E-state index is 13.8. The number of methoxy groups -OCH3 is 1. The SMILES string of the molecule is COC(=O)C1CC(Oc2ccccc2F)CN1C(=O)COc1ccccc1F. The molecule has 1 saturated heterocycles. The van der Waals surface area contributed by atoms with Crippen LogP contribution in [0.5, 0.6) is 11.5 Å². The summed E-state index contributed by atoms with van der Waals surface area (Å²) in [6, 6.07) is 10.7. The minimum atomic E-state index is -0.890. The number of hydrogen-bond donors (Lipinski definition) is 0. The molecule has 28 heavy (non-hydrogen) atoms. The van der Waals surface area contributed by atoms with Crippen molar-refractivity contribution < 1.29 is 32.6 Å². The Morgan fingerprint density at radius 3 is 2.25 bits per heavy atom. The third-order valence-corrected chi connectivity index (χ3v) is 4.37. The monoisotopic (exact) mass is 391 g/mol. The molecule has 0 spiro atoms. The zero-order valence-electron chi connectivity index (χ0n) is 15.1. The molecule has 1 amide bonds. The van der Waals surface area contributed by atoms with Gasteiger partial charge in [-0.1, -0.05) is 24.3 Å². The van der Waals surface area contributed by atoms with Crippen molar-refractivity contribution in [3.63, 3.8) is 0 Å². The predicted molar refractivity (Wildman–Crippen MR) is 94.8 cm³/mol. The molecule has 8 heteroatoms. The Labute approximate surface area is 160 Å². The second kappa shape index (κ2) is 8.69. The highest BCUT2D eigenvalue weighted by molar-refractivity contribution is 5.86. The van der Waals surface area contributed by atoms with Crippen LogP contribution in [-0.2, 0) is 14.3 Å². The standard InChI is InChI=1S/C20H19F2NO5/c1-26-20(25)16-10-13(28-18-9-5-3-7-15(18)22)11-23(16)19(24)12-27-17-8-4-2-6-14(17)21/h2-9,13,16H,10-12H2,1H3. The van der Waals surface area contributed by atoms with Gasteiger partial charge in [-0.15, -0.1) is 0 Å². The van der Waals surface area contributed by atoms with E-state index in [1.165, 1.54) is 48.4 Å². The third kappa shape index (κ3) is 4.39. The molecule has 2 atom stereocenters. The number of halogens is 2. The number of esters is 1. The third-order valence-electron chi connectivity index (χ3n) is 4.37. The second-order valence-corrected chi connectivity index (χ2v) is 6.21. The zero-order chi connectivity index (χ0) is 20.1. The Kier molecular flexibility index (Phi) is 6.08. The van der Waals surface area contributed by atoms with E-state index in [9.17, 15) is 18.4 Å². The van der Waals surface area contributed by atoms with Crippen LogP contribution in [0.4, 0.5) is 8.78 Å². The molecule has 1 aliphatic rings. The number of hydrogen-bond acceptors (Lipinski definition) is 5. The fourth-order valence-corrected chi connectivity index (χ4v) is 3.02. The molecule has 0 aliphatic carbocycles. The number of ether oxygens (including phenoxy) is 3. The number of nitrogens with zero attached hydrogens (tertiary/aromatic N) is 1. The van der Waals surface area contributed by atoms with Crippen molar-refractivity contribution in [2.75, 3.05) is 20.3 Å². The van der Waals surface area contributed by atoms with Gasteiger partial charge in [0.05, 0.1) is 13.7 Å². The van der Waals surface area contributed by atoms with Gasteiger partial charge in [0.1, 0.15) is 12.1 Å². The Hall–Kier alpha value is -3.16. The summed E-state index contributed by atoms with van der Waals surface area (Å²) in [6.07, 6.45) is -0.453. The lowest BCUT2D eigenvalue weighted by molar-refractivity contribution is -0.151. The largest absolute Gasteiger partial charge is 0.485 e. The quantitative estimate of drug-likeness (QED) is 0.709. The van der Waals surface area contributed by atoms with E-state index in [2.05, 4.69) is 0 Å². The van der Waals surface area contributed by atoms with Crippen molar-refractivity contribution >= 4 is 11.9 Å². The van der Waals surface area contributed by atoms with Crippen molar-refractivity contribution in [3.05, 3.63) is 60.2 Å². The maximum Gasteiger partial charge on any atom is 0.328 e. The fraction of sp³-hybridized carbons (Fsp3) is 0.300. The summed E-state index contributed by atoms with van der Waals surface area (Å²) in [4.78, 5) is 25.9. The summed E-state index contributed by atoms with van der Waals surface area (Å²) in [5, 5.41) is 0. The van der Waals surface area contributed by atoms with Gasteiger partial charge in [0.15, 0.2) is 29.7 Å². The Morgan fingerprint density at radius 1 is 1.04 bits per heavy atom. The number of rotatable bonds is 6. The van der Waals surface area contributed by atoms with E-state index in [0.29, 0.717) is 0 Å². The highest BCUT2D eigenvalue weighted by Gasteiger charge is 2.41. The number of carbonyl (C=O) groups excluding carboxylic acids is 2. The van der Waals surface area contributed by atoms with Gasteiger partial charge in [0, 0.05) is 6.42 Å². The first-order chi connectivity index (χ1) is 13.5. The van der Waals surface area contributed by atoms with Crippen LogP contribution in [-0.4, -0.2) is 49.2 Å². The van der Waals surface area contributed by atoms with Crippen LogP contribution in [0.1, 0.15) is 6.42 Å². The van der Waals surface area contributed by atoms with Crippen molar-refractivity contribution in [3.8, 4) is 11.5 Å². The Balaban J connectivity index is 1.68. The molecule has 2 aromatic rings. The van der Waals surface area contributed by atoms with Gasteiger partial charge in [-0.25, -0.2) is 13.6 Å². The molecule has 148 valence electrons. The van der Waals surface area contributed by atoms with E-state index >= 15 is 0 Å². The molecule has 1 aliphatic heterocycles. The molecule has 0 saturated carbocycles. The number of para-hydroxylation sites is 2. The summed E-state index contributed by atoms with van der Waals surface area (Å²) in [6.45, 7) is -0.408. The van der Waals surface area contributed by atoms with Gasteiger partial charge in [-0.05, 0) is 24.3 Å². The molecule has 2 unspecified atom stereocenters. The zero-order valence-corrected chi connectivity index (χ0v) is 15.1. The predicted octanol–water partition coefficient (Wildman–Crippen LogP) is 2.57. The van der Waals surface area contributed by atoms with E-state index in [-0.39, 0.29) is 24.5 Å². The second-order valence-electron chi connectivity index (χ2n) is 6.21. The molecule has 1 fully saturated rings. The number of benzene rings is 2. The molecule has 0 N–H and O–H groups in total. The van der Waals surface area contributed by atoms with E-state index in [4.69, 9.17) is 14.2 Å². The molecule has 1 heterocycles. The Morgan fingerprint density at radius 2 is 1.64 bits per heavy atom. The maximum absolute atomic E-state index is 13.8. The fourth-order valence-electron chi connectivity index (χ4n) is 3.02. The normalized spacial score (nSPS) is 18.6. The minimum Gasteiger partial charge on any atom is -0.485 e. The van der Waals surface area contributed by atoms with Crippen LogP contribution in [0.15, 0.2) is 48.5 Å². The van der Waals surface area contributed by atoms with E-state index in [0.717, 1.165) is 0 Å². The van der Waals surface area contributed by atoms with Crippen LogP contribution < -0.4 is 9.47 Å².